The van der Waals surface area contributed by atoms with Crippen molar-refractivity contribution in [2.45, 2.75) is 12.5 Å². The molecule has 18 heavy (non-hydrogen) atoms. The number of ether oxygens (including phenoxy) is 1. The number of aromatic nitrogens is 2. The average molecular weight is 248 g/mol. The van der Waals surface area contributed by atoms with E-state index in [9.17, 15) is 14.7 Å². The van der Waals surface area contributed by atoms with Crippen LogP contribution in [0.1, 0.15) is 5.56 Å². The number of carbonyl (C=O) groups is 1. The minimum absolute atomic E-state index is 0.115. The zero-order valence-electron chi connectivity index (χ0n) is 9.74. The number of hydrogen-bond acceptors (Lipinski definition) is 5. The van der Waals surface area contributed by atoms with Crippen LogP contribution in [0.2, 0.25) is 0 Å². The lowest BCUT2D eigenvalue weighted by Crippen LogP contribution is -2.29. The quantitative estimate of drug-likeness (QED) is 0.759. The molecule has 0 aliphatic heterocycles. The van der Waals surface area contributed by atoms with Gasteiger partial charge in [-0.2, -0.15) is 0 Å². The summed E-state index contributed by atoms with van der Waals surface area (Å²) in [6.07, 6.45) is 1.48. The highest BCUT2D eigenvalue weighted by Gasteiger charge is 2.18. The predicted octanol–water partition coefficient (Wildman–Crippen LogP) is -0.229. The Morgan fingerprint density at radius 3 is 3.06 bits per heavy atom. The SMILES string of the molecule is COC(=O)C(O)Cc1cnc2ccccn2c1=O. The van der Waals surface area contributed by atoms with E-state index in [0.29, 0.717) is 5.65 Å². The Morgan fingerprint density at radius 1 is 1.56 bits per heavy atom. The van der Waals surface area contributed by atoms with Gasteiger partial charge < -0.3 is 9.84 Å². The Morgan fingerprint density at radius 2 is 2.33 bits per heavy atom. The Hall–Kier alpha value is -2.21. The number of fused-ring (bicyclic) bond motifs is 1. The second-order valence-electron chi connectivity index (χ2n) is 3.76. The van der Waals surface area contributed by atoms with Crippen LogP contribution in [-0.4, -0.2) is 33.7 Å². The van der Waals surface area contributed by atoms with Gasteiger partial charge in [-0.25, -0.2) is 9.78 Å². The lowest BCUT2D eigenvalue weighted by atomic mass is 10.1. The number of methoxy groups -OCH3 is 1. The molecule has 0 aliphatic rings. The van der Waals surface area contributed by atoms with Crippen molar-refractivity contribution in [1.29, 1.82) is 0 Å². The molecule has 2 rings (SSSR count). The molecule has 0 amide bonds. The van der Waals surface area contributed by atoms with Gasteiger partial charge in [0.2, 0.25) is 0 Å². The van der Waals surface area contributed by atoms with Crippen molar-refractivity contribution in [1.82, 2.24) is 9.38 Å². The molecule has 2 aromatic heterocycles. The van der Waals surface area contributed by atoms with Crippen molar-refractivity contribution in [3.05, 3.63) is 46.5 Å². The van der Waals surface area contributed by atoms with E-state index >= 15 is 0 Å². The average Bonchev–Trinajstić information content (AvgIpc) is 2.41. The fourth-order valence-corrected chi connectivity index (χ4v) is 1.63. The molecule has 1 atom stereocenters. The van der Waals surface area contributed by atoms with E-state index in [2.05, 4.69) is 9.72 Å². The van der Waals surface area contributed by atoms with Crippen molar-refractivity contribution in [3.8, 4) is 0 Å². The van der Waals surface area contributed by atoms with Gasteiger partial charge >= 0.3 is 5.97 Å². The Kier molecular flexibility index (Phi) is 3.38. The molecule has 2 heterocycles. The van der Waals surface area contributed by atoms with Gasteiger partial charge in [0.1, 0.15) is 5.65 Å². The van der Waals surface area contributed by atoms with Gasteiger partial charge in [0.05, 0.1) is 7.11 Å². The van der Waals surface area contributed by atoms with Crippen LogP contribution >= 0.6 is 0 Å². The topological polar surface area (TPSA) is 80.9 Å². The number of rotatable bonds is 3. The van der Waals surface area contributed by atoms with Crippen molar-refractivity contribution >= 4 is 11.6 Å². The highest BCUT2D eigenvalue weighted by atomic mass is 16.5. The summed E-state index contributed by atoms with van der Waals surface area (Å²) in [5, 5.41) is 9.52. The van der Waals surface area contributed by atoms with Crippen molar-refractivity contribution in [2.24, 2.45) is 0 Å². The molecule has 0 aliphatic carbocycles. The molecular weight excluding hydrogens is 236 g/mol. The minimum atomic E-state index is -1.36. The molecule has 0 fully saturated rings. The second-order valence-corrected chi connectivity index (χ2v) is 3.76. The number of carbonyl (C=O) groups excluding carboxylic acids is 1. The Bertz CT molecular complexity index is 635. The van der Waals surface area contributed by atoms with Gasteiger partial charge in [0.25, 0.3) is 5.56 Å². The number of nitrogens with zero attached hydrogens (tertiary/aromatic N) is 2. The summed E-state index contributed by atoms with van der Waals surface area (Å²) in [5.74, 6) is -0.771. The van der Waals surface area contributed by atoms with Crippen LogP contribution in [0.5, 0.6) is 0 Å². The molecule has 0 saturated carbocycles. The fraction of sp³-hybridized carbons (Fsp3) is 0.250. The molecule has 1 unspecified atom stereocenters. The van der Waals surface area contributed by atoms with Crippen molar-refractivity contribution in [3.63, 3.8) is 0 Å². The van der Waals surface area contributed by atoms with E-state index in [-0.39, 0.29) is 17.5 Å². The third-order valence-electron chi connectivity index (χ3n) is 2.57. The lowest BCUT2D eigenvalue weighted by Gasteiger charge is -2.08. The van der Waals surface area contributed by atoms with Crippen LogP contribution in [0.15, 0.2) is 35.4 Å². The van der Waals surface area contributed by atoms with Gasteiger partial charge in [0.15, 0.2) is 6.10 Å². The normalized spacial score (nSPS) is 12.3. The molecule has 0 radical (unpaired) electrons. The van der Waals surface area contributed by atoms with Crippen LogP contribution in [-0.2, 0) is 16.0 Å². The van der Waals surface area contributed by atoms with Crippen molar-refractivity contribution < 1.29 is 14.6 Å². The summed E-state index contributed by atoms with van der Waals surface area (Å²) in [6.45, 7) is 0. The first kappa shape index (κ1) is 12.3. The summed E-state index contributed by atoms with van der Waals surface area (Å²) in [4.78, 5) is 27.2. The van der Waals surface area contributed by atoms with Crippen LogP contribution in [0.3, 0.4) is 0 Å². The molecule has 0 saturated heterocycles. The fourth-order valence-electron chi connectivity index (χ4n) is 1.63. The van der Waals surface area contributed by atoms with Crippen LogP contribution < -0.4 is 5.56 Å². The first-order valence-electron chi connectivity index (χ1n) is 5.34. The largest absolute Gasteiger partial charge is 0.467 e. The van der Waals surface area contributed by atoms with E-state index in [0.717, 1.165) is 0 Å². The van der Waals surface area contributed by atoms with Gasteiger partial charge in [-0.1, -0.05) is 6.07 Å². The zero-order valence-corrected chi connectivity index (χ0v) is 9.74. The molecule has 0 spiro atoms. The molecule has 94 valence electrons. The number of hydrogen-bond donors (Lipinski definition) is 1. The van der Waals surface area contributed by atoms with Crippen LogP contribution in [0, 0.1) is 0 Å². The van der Waals surface area contributed by atoms with Gasteiger partial charge in [-0.3, -0.25) is 9.20 Å². The standard InChI is InChI=1S/C12H12N2O4/c1-18-12(17)9(15)6-8-7-13-10-4-2-3-5-14(10)11(8)16/h2-5,7,9,15H,6H2,1H3. The number of esters is 1. The second kappa shape index (κ2) is 4.97. The minimum Gasteiger partial charge on any atom is -0.467 e. The zero-order chi connectivity index (χ0) is 13.1. The molecular formula is C12H12N2O4. The molecule has 6 heteroatoms. The third-order valence-corrected chi connectivity index (χ3v) is 2.57. The number of pyridine rings is 1. The van der Waals surface area contributed by atoms with Crippen molar-refractivity contribution in [2.75, 3.05) is 7.11 Å². The summed E-state index contributed by atoms with van der Waals surface area (Å²) < 4.78 is 5.75. The molecule has 6 nitrogen and oxygen atoms in total. The maximum atomic E-state index is 12.0. The lowest BCUT2D eigenvalue weighted by molar-refractivity contribution is -0.150. The summed E-state index contributed by atoms with van der Waals surface area (Å²) in [7, 11) is 1.18. The molecule has 0 bridgehead atoms. The maximum Gasteiger partial charge on any atom is 0.335 e. The van der Waals surface area contributed by atoms with Gasteiger partial charge in [-0.15, -0.1) is 0 Å². The smallest absolute Gasteiger partial charge is 0.335 e. The van der Waals surface area contributed by atoms with E-state index in [1.54, 1.807) is 24.4 Å². The maximum absolute atomic E-state index is 12.0. The third kappa shape index (κ3) is 2.23. The summed E-state index contributed by atoms with van der Waals surface area (Å²) in [5.41, 5.74) is 0.471. The predicted molar refractivity (Wildman–Crippen MR) is 63.2 cm³/mol. The first-order valence-corrected chi connectivity index (χ1v) is 5.34. The number of aliphatic hydroxyl groups is 1. The monoisotopic (exact) mass is 248 g/mol. The molecule has 1 N–H and O–H groups in total. The van der Waals surface area contributed by atoms with E-state index in [1.165, 1.54) is 17.7 Å². The molecule has 2 aromatic rings. The van der Waals surface area contributed by atoms with E-state index in [1.807, 2.05) is 0 Å². The number of aliphatic hydroxyl groups excluding tert-OH is 1. The summed E-state index contributed by atoms with van der Waals surface area (Å²) >= 11 is 0. The Balaban J connectivity index is 2.38. The van der Waals surface area contributed by atoms with E-state index in [4.69, 9.17) is 0 Å². The highest BCUT2D eigenvalue weighted by molar-refractivity contribution is 5.74. The molecule has 0 aromatic carbocycles. The highest BCUT2D eigenvalue weighted by Crippen LogP contribution is 2.01. The van der Waals surface area contributed by atoms with Crippen LogP contribution in [0.25, 0.3) is 5.65 Å². The van der Waals surface area contributed by atoms with E-state index < -0.39 is 12.1 Å². The Labute approximate surface area is 102 Å². The van der Waals surface area contributed by atoms with Gasteiger partial charge in [0, 0.05) is 24.4 Å². The van der Waals surface area contributed by atoms with Crippen LogP contribution in [0.4, 0.5) is 0 Å². The van der Waals surface area contributed by atoms with Gasteiger partial charge in [-0.05, 0) is 12.1 Å². The summed E-state index contributed by atoms with van der Waals surface area (Å²) in [6, 6.07) is 5.17. The first-order chi connectivity index (χ1) is 8.63.